The van der Waals surface area contributed by atoms with Crippen LogP contribution in [0.1, 0.15) is 23.5 Å². The topological polar surface area (TPSA) is 66.8 Å². The van der Waals surface area contributed by atoms with Crippen molar-refractivity contribution >= 4 is 16.9 Å². The van der Waals surface area contributed by atoms with Crippen LogP contribution in [0.5, 0.6) is 17.2 Å². The summed E-state index contributed by atoms with van der Waals surface area (Å²) < 4.78 is 17.9. The van der Waals surface area contributed by atoms with E-state index >= 15 is 0 Å². The number of carbonyl (C=O) groups is 1. The molecule has 26 heavy (non-hydrogen) atoms. The first-order valence-electron chi connectivity index (χ1n) is 8.35. The number of para-hydroxylation sites is 1. The molecule has 6 heteroatoms. The standard InChI is InChI=1S/C20H15NO5/c1-21-14-5-3-2-4-12(14)19-18(20(21)23)13(9-17(22)26-19)11-6-7-15-16(8-11)25-10-24-15/h2-8,13H,9-10H2,1H3/t13-/m1/s1. The van der Waals surface area contributed by atoms with Gasteiger partial charge in [-0.2, -0.15) is 0 Å². The number of fused-ring (bicyclic) bond motifs is 4. The number of benzene rings is 2. The first-order chi connectivity index (χ1) is 12.6. The lowest BCUT2D eigenvalue weighted by Crippen LogP contribution is -2.31. The third-order valence-corrected chi connectivity index (χ3v) is 5.02. The zero-order chi connectivity index (χ0) is 17.8. The number of nitrogens with zero attached hydrogens (tertiary/aromatic N) is 1. The van der Waals surface area contributed by atoms with Crippen molar-refractivity contribution in [2.45, 2.75) is 12.3 Å². The number of hydrogen-bond acceptors (Lipinski definition) is 5. The van der Waals surface area contributed by atoms with E-state index in [2.05, 4.69) is 0 Å². The molecule has 0 bridgehead atoms. The average Bonchev–Trinajstić information content (AvgIpc) is 3.13. The fourth-order valence-electron chi connectivity index (χ4n) is 3.75. The van der Waals surface area contributed by atoms with E-state index in [0.29, 0.717) is 22.8 Å². The molecule has 0 aliphatic carbocycles. The molecule has 3 heterocycles. The van der Waals surface area contributed by atoms with Gasteiger partial charge in [-0.25, -0.2) is 0 Å². The minimum atomic E-state index is -0.385. The molecule has 6 nitrogen and oxygen atoms in total. The van der Waals surface area contributed by atoms with Crippen molar-refractivity contribution in [3.63, 3.8) is 0 Å². The number of hydrogen-bond donors (Lipinski definition) is 0. The van der Waals surface area contributed by atoms with Gasteiger partial charge in [0.05, 0.1) is 17.5 Å². The average molecular weight is 349 g/mol. The van der Waals surface area contributed by atoms with Crippen LogP contribution in [0.25, 0.3) is 10.9 Å². The Morgan fingerprint density at radius 3 is 2.73 bits per heavy atom. The van der Waals surface area contributed by atoms with E-state index in [4.69, 9.17) is 14.2 Å². The summed E-state index contributed by atoms with van der Waals surface area (Å²) in [4.78, 5) is 25.4. The summed E-state index contributed by atoms with van der Waals surface area (Å²) in [5.41, 5.74) is 1.91. The van der Waals surface area contributed by atoms with Crippen LogP contribution in [-0.4, -0.2) is 17.3 Å². The highest BCUT2D eigenvalue weighted by Crippen LogP contribution is 2.43. The molecule has 2 aliphatic rings. The summed E-state index contributed by atoms with van der Waals surface area (Å²) in [6.07, 6.45) is 0.111. The molecule has 0 fully saturated rings. The molecular formula is C20H15NO5. The molecule has 0 radical (unpaired) electrons. The van der Waals surface area contributed by atoms with E-state index in [9.17, 15) is 9.59 Å². The smallest absolute Gasteiger partial charge is 0.312 e. The fraction of sp³-hybridized carbons (Fsp3) is 0.200. The summed E-state index contributed by atoms with van der Waals surface area (Å²) in [5.74, 6) is 0.921. The van der Waals surface area contributed by atoms with Crippen LogP contribution >= 0.6 is 0 Å². The highest BCUT2D eigenvalue weighted by molar-refractivity contribution is 5.91. The van der Waals surface area contributed by atoms with Crippen LogP contribution in [-0.2, 0) is 11.8 Å². The Hall–Kier alpha value is -3.28. The largest absolute Gasteiger partial charge is 0.454 e. The fourth-order valence-corrected chi connectivity index (χ4v) is 3.75. The lowest BCUT2D eigenvalue weighted by atomic mass is 9.86. The van der Waals surface area contributed by atoms with Gasteiger partial charge in [0, 0.05) is 18.4 Å². The Kier molecular flexibility index (Phi) is 3.09. The summed E-state index contributed by atoms with van der Waals surface area (Å²) in [5, 5.41) is 0.753. The number of esters is 1. The van der Waals surface area contributed by atoms with E-state index in [1.54, 1.807) is 11.6 Å². The van der Waals surface area contributed by atoms with Gasteiger partial charge in [-0.05, 0) is 29.8 Å². The summed E-state index contributed by atoms with van der Waals surface area (Å²) in [6.45, 7) is 0.175. The molecule has 1 atom stereocenters. The van der Waals surface area contributed by atoms with Crippen molar-refractivity contribution in [1.82, 2.24) is 4.57 Å². The third kappa shape index (κ3) is 2.05. The Balaban J connectivity index is 1.78. The van der Waals surface area contributed by atoms with Crippen LogP contribution in [0.2, 0.25) is 0 Å². The predicted octanol–water partition coefficient (Wildman–Crippen LogP) is 2.71. The van der Waals surface area contributed by atoms with Gasteiger partial charge in [-0.15, -0.1) is 0 Å². The zero-order valence-electron chi connectivity index (χ0n) is 14.0. The predicted molar refractivity (Wildman–Crippen MR) is 93.8 cm³/mol. The van der Waals surface area contributed by atoms with Gasteiger partial charge < -0.3 is 18.8 Å². The molecule has 0 saturated heterocycles. The van der Waals surface area contributed by atoms with E-state index < -0.39 is 0 Å². The van der Waals surface area contributed by atoms with E-state index in [0.717, 1.165) is 16.5 Å². The van der Waals surface area contributed by atoms with Gasteiger partial charge >= 0.3 is 5.97 Å². The second-order valence-corrected chi connectivity index (χ2v) is 6.47. The quantitative estimate of drug-likeness (QED) is 0.632. The Bertz CT molecular complexity index is 1130. The van der Waals surface area contributed by atoms with Gasteiger partial charge in [0.2, 0.25) is 6.79 Å². The lowest BCUT2D eigenvalue weighted by Gasteiger charge is -2.26. The Morgan fingerprint density at radius 2 is 1.85 bits per heavy atom. The number of rotatable bonds is 1. The maximum absolute atomic E-state index is 13.1. The Morgan fingerprint density at radius 1 is 1.04 bits per heavy atom. The number of carbonyl (C=O) groups excluding carboxylic acids is 1. The van der Waals surface area contributed by atoms with E-state index in [1.165, 1.54) is 0 Å². The van der Waals surface area contributed by atoms with Crippen LogP contribution < -0.4 is 19.8 Å². The number of ether oxygens (including phenoxy) is 3. The molecule has 0 unspecified atom stereocenters. The van der Waals surface area contributed by atoms with Crippen molar-refractivity contribution in [2.75, 3.05) is 6.79 Å². The van der Waals surface area contributed by atoms with Crippen LogP contribution in [0.4, 0.5) is 0 Å². The molecule has 1 aromatic heterocycles. The monoisotopic (exact) mass is 349 g/mol. The zero-order valence-corrected chi connectivity index (χ0v) is 14.0. The minimum absolute atomic E-state index is 0.111. The van der Waals surface area contributed by atoms with Crippen molar-refractivity contribution in [2.24, 2.45) is 7.05 Å². The summed E-state index contributed by atoms with van der Waals surface area (Å²) in [6, 6.07) is 12.9. The maximum Gasteiger partial charge on any atom is 0.312 e. The SMILES string of the molecule is Cn1c(=O)c2c(c3ccccc31)OC(=O)C[C@@H]2c1ccc2c(c1)OCO2. The summed E-state index contributed by atoms with van der Waals surface area (Å²) >= 11 is 0. The molecule has 2 aliphatic heterocycles. The molecular weight excluding hydrogens is 334 g/mol. The number of aromatic nitrogens is 1. The van der Waals surface area contributed by atoms with Gasteiger partial charge in [-0.1, -0.05) is 18.2 Å². The second kappa shape index (κ2) is 5.36. The van der Waals surface area contributed by atoms with Crippen LogP contribution in [0.15, 0.2) is 47.3 Å². The second-order valence-electron chi connectivity index (χ2n) is 6.47. The highest BCUT2D eigenvalue weighted by Gasteiger charge is 2.34. The molecule has 130 valence electrons. The lowest BCUT2D eigenvalue weighted by molar-refractivity contribution is -0.135. The number of pyridine rings is 1. The van der Waals surface area contributed by atoms with Crippen molar-refractivity contribution in [3.05, 3.63) is 63.9 Å². The van der Waals surface area contributed by atoms with Gasteiger partial charge in [0.15, 0.2) is 11.5 Å². The van der Waals surface area contributed by atoms with Crippen molar-refractivity contribution < 1.29 is 19.0 Å². The van der Waals surface area contributed by atoms with Gasteiger partial charge in [0.1, 0.15) is 5.75 Å². The first-order valence-corrected chi connectivity index (χ1v) is 8.35. The van der Waals surface area contributed by atoms with E-state index in [1.807, 2.05) is 42.5 Å². The molecule has 3 aromatic rings. The first kappa shape index (κ1) is 15.0. The van der Waals surface area contributed by atoms with Crippen LogP contribution in [0.3, 0.4) is 0 Å². The normalized spacial score (nSPS) is 17.9. The van der Waals surface area contributed by atoms with Crippen molar-refractivity contribution in [3.8, 4) is 17.2 Å². The molecule has 0 amide bonds. The molecule has 0 saturated carbocycles. The highest BCUT2D eigenvalue weighted by atomic mass is 16.7. The summed E-state index contributed by atoms with van der Waals surface area (Å²) in [7, 11) is 1.73. The maximum atomic E-state index is 13.1. The molecule has 0 spiro atoms. The van der Waals surface area contributed by atoms with Gasteiger partial charge in [-0.3, -0.25) is 9.59 Å². The number of aryl methyl sites for hydroxylation is 1. The Labute approximate surface area is 148 Å². The molecule has 0 N–H and O–H groups in total. The van der Waals surface area contributed by atoms with Crippen molar-refractivity contribution in [1.29, 1.82) is 0 Å². The van der Waals surface area contributed by atoms with Crippen LogP contribution in [0, 0.1) is 0 Å². The van der Waals surface area contributed by atoms with E-state index in [-0.39, 0.29) is 30.7 Å². The minimum Gasteiger partial charge on any atom is -0.454 e. The third-order valence-electron chi connectivity index (χ3n) is 5.02. The molecule has 5 rings (SSSR count). The molecule has 2 aromatic carbocycles. The van der Waals surface area contributed by atoms with Gasteiger partial charge in [0.25, 0.3) is 5.56 Å².